The molecule has 0 atom stereocenters. The van der Waals surface area contributed by atoms with Gasteiger partial charge >= 0.3 is 6.02 Å². The van der Waals surface area contributed by atoms with Crippen molar-refractivity contribution in [3.63, 3.8) is 0 Å². The first-order valence-corrected chi connectivity index (χ1v) is 7.47. The molecule has 3 aliphatic rings. The van der Waals surface area contributed by atoms with Gasteiger partial charge in [0.2, 0.25) is 0 Å². The smallest absolute Gasteiger partial charge is 0.271 e. The largest absolute Gasteiger partial charge is 0.356 e. The van der Waals surface area contributed by atoms with Crippen LogP contribution in [0.1, 0.15) is 44.9 Å². The molecule has 0 bridgehead atoms. The lowest BCUT2D eigenvalue weighted by Gasteiger charge is -2.11. The van der Waals surface area contributed by atoms with Crippen molar-refractivity contribution in [2.24, 2.45) is 9.98 Å². The van der Waals surface area contributed by atoms with E-state index in [0.29, 0.717) is 5.06 Å². The van der Waals surface area contributed by atoms with E-state index < -0.39 is 11.8 Å². The minimum Gasteiger partial charge on any atom is -0.271 e. The third-order valence-electron chi connectivity index (χ3n) is 3.65. The molecule has 1 aliphatic heterocycles. The van der Waals surface area contributed by atoms with Gasteiger partial charge in [-0.25, -0.2) is 4.99 Å². The average molecular weight is 303 g/mol. The normalized spacial score (nSPS) is 21.8. The molecule has 22 heavy (non-hydrogen) atoms. The molecule has 0 aromatic heterocycles. The summed E-state index contributed by atoms with van der Waals surface area (Å²) in [5.41, 5.74) is 1.89. The predicted molar refractivity (Wildman–Crippen MR) is 78.4 cm³/mol. The summed E-state index contributed by atoms with van der Waals surface area (Å²) in [7, 11) is 0. The lowest BCUT2D eigenvalue weighted by molar-refractivity contribution is -0.344. The van der Waals surface area contributed by atoms with Crippen molar-refractivity contribution in [1.29, 1.82) is 0 Å². The Morgan fingerprint density at radius 3 is 2.41 bits per heavy atom. The highest BCUT2D eigenvalue weighted by Crippen LogP contribution is 2.20. The zero-order valence-electron chi connectivity index (χ0n) is 12.2. The van der Waals surface area contributed by atoms with E-state index in [2.05, 4.69) is 9.98 Å². The minimum absolute atomic E-state index is 0.0394. The summed E-state index contributed by atoms with van der Waals surface area (Å²) in [6, 6.07) is 0.0394. The van der Waals surface area contributed by atoms with E-state index in [1.165, 1.54) is 0 Å². The van der Waals surface area contributed by atoms with Crippen LogP contribution in [-0.2, 0) is 19.5 Å². The number of amidine groups is 1. The maximum atomic E-state index is 11.4. The van der Waals surface area contributed by atoms with Gasteiger partial charge in [-0.3, -0.25) is 14.5 Å². The third kappa shape index (κ3) is 3.48. The second-order valence-corrected chi connectivity index (χ2v) is 5.33. The number of hydrogen-bond acceptors (Lipinski definition) is 5. The molecular formula is C15H17N3O4. The molecule has 2 amide bonds. The van der Waals surface area contributed by atoms with Gasteiger partial charge in [0.1, 0.15) is 0 Å². The average Bonchev–Trinajstić information content (AvgIpc) is 3.22. The predicted octanol–water partition coefficient (Wildman–Crippen LogP) is 2.21. The highest BCUT2D eigenvalue weighted by atomic mass is 17.3. The van der Waals surface area contributed by atoms with E-state index in [-0.39, 0.29) is 6.02 Å². The SMILES string of the molecule is O=C1C=CC(=O)N1OOC(N=C1CCCC1)=NC1=CCCC1. The number of carbonyl (C=O) groups excluding carboxylic acids is 2. The summed E-state index contributed by atoms with van der Waals surface area (Å²) in [5.74, 6) is -1.17. The molecule has 1 heterocycles. The second kappa shape index (κ2) is 6.65. The Morgan fingerprint density at radius 2 is 1.77 bits per heavy atom. The van der Waals surface area contributed by atoms with Gasteiger partial charge in [0.25, 0.3) is 11.8 Å². The fourth-order valence-corrected chi connectivity index (χ4v) is 2.50. The monoisotopic (exact) mass is 303 g/mol. The van der Waals surface area contributed by atoms with Crippen LogP contribution in [0.4, 0.5) is 0 Å². The summed E-state index contributed by atoms with van der Waals surface area (Å²) < 4.78 is 0. The van der Waals surface area contributed by atoms with E-state index >= 15 is 0 Å². The Balaban J connectivity index is 1.69. The van der Waals surface area contributed by atoms with Crippen molar-refractivity contribution in [2.75, 3.05) is 0 Å². The maximum absolute atomic E-state index is 11.4. The molecular weight excluding hydrogens is 286 g/mol. The van der Waals surface area contributed by atoms with Crippen molar-refractivity contribution >= 4 is 23.5 Å². The van der Waals surface area contributed by atoms with E-state index in [1.807, 2.05) is 6.08 Å². The molecule has 3 rings (SSSR count). The number of aliphatic imine (C=N–C) groups is 2. The van der Waals surface area contributed by atoms with E-state index in [9.17, 15) is 9.59 Å². The fourth-order valence-electron chi connectivity index (χ4n) is 2.50. The van der Waals surface area contributed by atoms with Gasteiger partial charge in [-0.15, -0.1) is 5.06 Å². The number of rotatable bonds is 3. The van der Waals surface area contributed by atoms with E-state index in [0.717, 1.165) is 68.5 Å². The van der Waals surface area contributed by atoms with Gasteiger partial charge in [-0.2, -0.15) is 4.99 Å². The number of carbonyl (C=O) groups is 2. The molecule has 0 saturated heterocycles. The molecule has 0 N–H and O–H groups in total. The molecule has 1 fully saturated rings. The molecule has 0 aromatic rings. The number of hydroxylamine groups is 2. The molecule has 116 valence electrons. The van der Waals surface area contributed by atoms with Crippen LogP contribution in [0.3, 0.4) is 0 Å². The number of imide groups is 1. The lowest BCUT2D eigenvalue weighted by Crippen LogP contribution is -2.31. The van der Waals surface area contributed by atoms with Gasteiger partial charge < -0.3 is 0 Å². The summed E-state index contributed by atoms with van der Waals surface area (Å²) >= 11 is 0. The highest BCUT2D eigenvalue weighted by Gasteiger charge is 2.27. The van der Waals surface area contributed by atoms with Gasteiger partial charge in [0.15, 0.2) is 0 Å². The Hall–Kier alpha value is -2.28. The fraction of sp³-hybridized carbons (Fsp3) is 0.467. The molecule has 0 spiro atoms. The molecule has 0 unspecified atom stereocenters. The van der Waals surface area contributed by atoms with Crippen molar-refractivity contribution in [1.82, 2.24) is 5.06 Å². The Labute approximate surface area is 127 Å². The van der Waals surface area contributed by atoms with Crippen LogP contribution in [0.5, 0.6) is 0 Å². The van der Waals surface area contributed by atoms with Crippen LogP contribution in [0.25, 0.3) is 0 Å². The Morgan fingerprint density at radius 1 is 1.05 bits per heavy atom. The topological polar surface area (TPSA) is 80.6 Å². The van der Waals surface area contributed by atoms with Crippen LogP contribution in [0.15, 0.2) is 33.9 Å². The molecule has 2 aliphatic carbocycles. The van der Waals surface area contributed by atoms with E-state index in [4.69, 9.17) is 9.88 Å². The molecule has 7 nitrogen and oxygen atoms in total. The highest BCUT2D eigenvalue weighted by molar-refractivity contribution is 6.11. The zero-order valence-corrected chi connectivity index (χ0v) is 12.2. The maximum Gasteiger partial charge on any atom is 0.356 e. The van der Waals surface area contributed by atoms with Crippen molar-refractivity contribution in [3.8, 4) is 0 Å². The van der Waals surface area contributed by atoms with Gasteiger partial charge in [-0.1, -0.05) is 6.08 Å². The first-order valence-electron chi connectivity index (χ1n) is 7.47. The number of hydrogen-bond donors (Lipinski definition) is 0. The molecule has 0 aromatic carbocycles. The van der Waals surface area contributed by atoms with Crippen LogP contribution in [0, 0.1) is 0 Å². The molecule has 7 heteroatoms. The van der Waals surface area contributed by atoms with Crippen molar-refractivity contribution < 1.29 is 19.5 Å². The Kier molecular flexibility index (Phi) is 4.43. The van der Waals surface area contributed by atoms with Crippen molar-refractivity contribution in [2.45, 2.75) is 44.9 Å². The summed E-state index contributed by atoms with van der Waals surface area (Å²) in [6.45, 7) is 0. The van der Waals surface area contributed by atoms with Gasteiger partial charge in [0, 0.05) is 23.6 Å². The first kappa shape index (κ1) is 14.6. The van der Waals surface area contributed by atoms with Crippen LogP contribution < -0.4 is 0 Å². The summed E-state index contributed by atoms with van der Waals surface area (Å²) in [4.78, 5) is 41.4. The quantitative estimate of drug-likeness (QED) is 0.263. The molecule has 1 saturated carbocycles. The zero-order chi connectivity index (χ0) is 15.4. The Bertz CT molecular complexity index is 578. The first-order chi connectivity index (χ1) is 10.7. The lowest BCUT2D eigenvalue weighted by atomic mass is 10.3. The number of nitrogens with zero attached hydrogens (tertiary/aromatic N) is 3. The molecule has 0 radical (unpaired) electrons. The van der Waals surface area contributed by atoms with Gasteiger partial charge in [-0.05, 0) is 49.9 Å². The van der Waals surface area contributed by atoms with Crippen LogP contribution in [-0.4, -0.2) is 28.6 Å². The summed E-state index contributed by atoms with van der Waals surface area (Å²) in [5, 5.41) is 0.535. The second-order valence-electron chi connectivity index (χ2n) is 5.33. The van der Waals surface area contributed by atoms with Gasteiger partial charge in [0.05, 0.1) is 0 Å². The standard InChI is InChI=1S/C15H17N3O4/c19-13-9-10-14(20)18(13)22-21-15(16-11-5-1-2-6-11)17-12-7-3-4-8-12/h5,9-10H,1-4,6-8H2. The van der Waals surface area contributed by atoms with Crippen LogP contribution in [0.2, 0.25) is 0 Å². The number of amides is 2. The van der Waals surface area contributed by atoms with Crippen molar-refractivity contribution in [3.05, 3.63) is 23.9 Å². The minimum atomic E-state index is -0.585. The number of allylic oxidation sites excluding steroid dienone is 2. The third-order valence-corrected chi connectivity index (χ3v) is 3.65. The van der Waals surface area contributed by atoms with Crippen LogP contribution >= 0.6 is 0 Å². The summed E-state index contributed by atoms with van der Waals surface area (Å²) in [6.07, 6.45) is 11.2. The van der Waals surface area contributed by atoms with E-state index in [1.54, 1.807) is 0 Å².